The van der Waals surface area contributed by atoms with E-state index >= 15 is 0 Å². The minimum absolute atomic E-state index is 0.701. The summed E-state index contributed by atoms with van der Waals surface area (Å²) in [5.41, 5.74) is 2.13. The number of halogens is 1. The van der Waals surface area contributed by atoms with Gasteiger partial charge in [0.25, 0.3) is 0 Å². The molecule has 0 radical (unpaired) electrons. The van der Waals surface area contributed by atoms with Crippen LogP contribution in [0.2, 0.25) is 5.02 Å². The lowest BCUT2D eigenvalue weighted by Crippen LogP contribution is -2.50. The maximum Gasteiger partial charge on any atom is 0.173 e. The summed E-state index contributed by atoms with van der Waals surface area (Å²) in [5, 5.41) is 4.70. The SMILES string of the molecule is COc1ccc(N2CCN(C(=S)Nc3cccc(Cl)c3)CC2)cc1. The van der Waals surface area contributed by atoms with E-state index in [9.17, 15) is 0 Å². The fourth-order valence-electron chi connectivity index (χ4n) is 2.73. The second-order valence-corrected chi connectivity index (χ2v) is 6.44. The van der Waals surface area contributed by atoms with Crippen LogP contribution in [-0.4, -0.2) is 43.3 Å². The molecule has 0 unspecified atom stereocenters. The third-order valence-electron chi connectivity index (χ3n) is 4.08. The molecule has 0 aliphatic carbocycles. The van der Waals surface area contributed by atoms with Crippen LogP contribution in [0.4, 0.5) is 11.4 Å². The molecule has 0 amide bonds. The molecule has 2 aromatic rings. The van der Waals surface area contributed by atoms with E-state index in [4.69, 9.17) is 28.6 Å². The average molecular weight is 362 g/mol. The smallest absolute Gasteiger partial charge is 0.173 e. The minimum atomic E-state index is 0.701. The van der Waals surface area contributed by atoms with Gasteiger partial charge in [-0.1, -0.05) is 17.7 Å². The Balaban J connectivity index is 1.55. The number of hydrogen-bond acceptors (Lipinski definition) is 3. The lowest BCUT2D eigenvalue weighted by Gasteiger charge is -2.37. The number of anilines is 2. The molecule has 2 aromatic carbocycles. The topological polar surface area (TPSA) is 27.7 Å². The van der Waals surface area contributed by atoms with Crippen molar-refractivity contribution >= 4 is 40.3 Å². The summed E-state index contributed by atoms with van der Waals surface area (Å²) in [6.45, 7) is 3.64. The molecule has 1 N–H and O–H groups in total. The third kappa shape index (κ3) is 4.10. The molecule has 1 fully saturated rings. The second-order valence-electron chi connectivity index (χ2n) is 5.61. The Kier molecular flexibility index (Phi) is 5.43. The van der Waals surface area contributed by atoms with E-state index in [1.165, 1.54) is 5.69 Å². The van der Waals surface area contributed by atoms with Gasteiger partial charge in [-0.15, -0.1) is 0 Å². The predicted octanol–water partition coefficient (Wildman–Crippen LogP) is 3.87. The quantitative estimate of drug-likeness (QED) is 0.838. The van der Waals surface area contributed by atoms with Gasteiger partial charge < -0.3 is 19.9 Å². The maximum absolute atomic E-state index is 6.01. The highest BCUT2D eigenvalue weighted by atomic mass is 35.5. The van der Waals surface area contributed by atoms with Crippen LogP contribution in [0.3, 0.4) is 0 Å². The van der Waals surface area contributed by atoms with Gasteiger partial charge in [0.2, 0.25) is 0 Å². The first-order chi connectivity index (χ1) is 11.7. The number of methoxy groups -OCH3 is 1. The van der Waals surface area contributed by atoms with Gasteiger partial charge >= 0.3 is 0 Å². The van der Waals surface area contributed by atoms with Crippen molar-refractivity contribution in [3.8, 4) is 5.75 Å². The van der Waals surface area contributed by atoms with Crippen molar-refractivity contribution in [1.29, 1.82) is 0 Å². The first kappa shape index (κ1) is 16.9. The van der Waals surface area contributed by atoms with Gasteiger partial charge in [0.1, 0.15) is 5.75 Å². The monoisotopic (exact) mass is 361 g/mol. The van der Waals surface area contributed by atoms with Crippen molar-refractivity contribution in [3.63, 3.8) is 0 Å². The van der Waals surface area contributed by atoms with Gasteiger partial charge in [0, 0.05) is 42.6 Å². The van der Waals surface area contributed by atoms with Crippen LogP contribution in [0.1, 0.15) is 0 Å². The van der Waals surface area contributed by atoms with Gasteiger partial charge in [0.05, 0.1) is 7.11 Å². The predicted molar refractivity (Wildman–Crippen MR) is 104 cm³/mol. The first-order valence-corrected chi connectivity index (χ1v) is 8.65. The van der Waals surface area contributed by atoms with E-state index < -0.39 is 0 Å². The summed E-state index contributed by atoms with van der Waals surface area (Å²) in [5.74, 6) is 0.879. The van der Waals surface area contributed by atoms with E-state index in [0.717, 1.165) is 42.7 Å². The Labute approximate surface area is 153 Å². The van der Waals surface area contributed by atoms with Crippen molar-refractivity contribution in [2.75, 3.05) is 43.5 Å². The molecule has 6 heteroatoms. The lowest BCUT2D eigenvalue weighted by atomic mass is 10.2. The molecule has 0 atom stereocenters. The zero-order valence-electron chi connectivity index (χ0n) is 13.5. The van der Waals surface area contributed by atoms with Crippen molar-refractivity contribution in [3.05, 3.63) is 53.6 Å². The molecule has 24 heavy (non-hydrogen) atoms. The van der Waals surface area contributed by atoms with E-state index in [-0.39, 0.29) is 0 Å². The Bertz CT molecular complexity index is 700. The van der Waals surface area contributed by atoms with Crippen LogP contribution < -0.4 is 15.0 Å². The lowest BCUT2D eigenvalue weighted by molar-refractivity contribution is 0.390. The average Bonchev–Trinajstić information content (AvgIpc) is 2.62. The summed E-state index contributed by atoms with van der Waals surface area (Å²) < 4.78 is 5.21. The first-order valence-electron chi connectivity index (χ1n) is 7.86. The van der Waals surface area contributed by atoms with E-state index in [2.05, 4.69) is 27.2 Å². The van der Waals surface area contributed by atoms with Gasteiger partial charge in [-0.25, -0.2) is 0 Å². The van der Waals surface area contributed by atoms with Crippen molar-refractivity contribution in [2.24, 2.45) is 0 Å². The van der Waals surface area contributed by atoms with Gasteiger partial charge in [-0.2, -0.15) is 0 Å². The Morgan fingerprint density at radius 3 is 2.42 bits per heavy atom. The van der Waals surface area contributed by atoms with Gasteiger partial charge in [-0.05, 0) is 54.7 Å². The van der Waals surface area contributed by atoms with Gasteiger partial charge in [-0.3, -0.25) is 0 Å². The van der Waals surface area contributed by atoms with E-state index in [1.807, 2.05) is 36.4 Å². The maximum atomic E-state index is 6.01. The van der Waals surface area contributed by atoms with Crippen LogP contribution in [0.15, 0.2) is 48.5 Å². The molecule has 1 heterocycles. The largest absolute Gasteiger partial charge is 0.497 e. The molecule has 1 aliphatic rings. The molecule has 1 saturated heterocycles. The highest BCUT2D eigenvalue weighted by molar-refractivity contribution is 7.80. The second kappa shape index (κ2) is 7.73. The Morgan fingerprint density at radius 2 is 1.79 bits per heavy atom. The molecule has 0 saturated carbocycles. The number of hydrogen-bond donors (Lipinski definition) is 1. The van der Waals surface area contributed by atoms with Crippen molar-refractivity contribution < 1.29 is 4.74 Å². The Morgan fingerprint density at radius 1 is 1.08 bits per heavy atom. The summed E-state index contributed by atoms with van der Waals surface area (Å²) in [6, 6.07) is 15.8. The highest BCUT2D eigenvalue weighted by Crippen LogP contribution is 2.21. The number of ether oxygens (including phenoxy) is 1. The summed E-state index contributed by atoms with van der Waals surface area (Å²) in [6.07, 6.45) is 0. The van der Waals surface area contributed by atoms with Crippen molar-refractivity contribution in [2.45, 2.75) is 0 Å². The fourth-order valence-corrected chi connectivity index (χ4v) is 3.22. The third-order valence-corrected chi connectivity index (χ3v) is 4.68. The molecule has 0 bridgehead atoms. The molecular formula is C18H20ClN3OS. The normalized spacial score (nSPS) is 14.4. The molecule has 0 aromatic heterocycles. The number of piperazine rings is 1. The zero-order valence-corrected chi connectivity index (χ0v) is 15.1. The minimum Gasteiger partial charge on any atom is -0.497 e. The molecule has 1 aliphatic heterocycles. The molecule has 4 nitrogen and oxygen atoms in total. The van der Waals surface area contributed by atoms with Crippen LogP contribution in [0.5, 0.6) is 5.75 Å². The molecule has 126 valence electrons. The summed E-state index contributed by atoms with van der Waals surface area (Å²) in [7, 11) is 1.68. The molecule has 0 spiro atoms. The van der Waals surface area contributed by atoms with Crippen LogP contribution in [-0.2, 0) is 0 Å². The number of thiocarbonyl (C=S) groups is 1. The number of nitrogens with zero attached hydrogens (tertiary/aromatic N) is 2. The van der Waals surface area contributed by atoms with Crippen molar-refractivity contribution in [1.82, 2.24) is 4.90 Å². The Hall–Kier alpha value is -1.98. The zero-order chi connectivity index (χ0) is 16.9. The van der Waals surface area contributed by atoms with E-state index in [1.54, 1.807) is 7.11 Å². The summed E-state index contributed by atoms with van der Waals surface area (Å²) in [4.78, 5) is 4.55. The molecular weight excluding hydrogens is 342 g/mol. The van der Waals surface area contributed by atoms with Crippen LogP contribution in [0, 0.1) is 0 Å². The highest BCUT2D eigenvalue weighted by Gasteiger charge is 2.19. The molecule has 3 rings (SSSR count). The van der Waals surface area contributed by atoms with E-state index in [0.29, 0.717) is 5.02 Å². The summed E-state index contributed by atoms with van der Waals surface area (Å²) >= 11 is 11.5. The fraction of sp³-hybridized carbons (Fsp3) is 0.278. The van der Waals surface area contributed by atoms with Gasteiger partial charge in [0.15, 0.2) is 5.11 Å². The van der Waals surface area contributed by atoms with Crippen LogP contribution >= 0.6 is 23.8 Å². The van der Waals surface area contributed by atoms with Crippen LogP contribution in [0.25, 0.3) is 0 Å². The number of benzene rings is 2. The number of rotatable bonds is 3. The number of nitrogens with one attached hydrogen (secondary N) is 1. The standard InChI is InChI=1S/C18H20ClN3OS/c1-23-17-7-5-16(6-8-17)21-9-11-22(12-10-21)18(24)20-15-4-2-3-14(19)13-15/h2-8,13H,9-12H2,1H3,(H,20,24).